The van der Waals surface area contributed by atoms with E-state index >= 15 is 0 Å². The molecule has 3 nitrogen and oxygen atoms in total. The Bertz CT molecular complexity index is 1110. The van der Waals surface area contributed by atoms with Gasteiger partial charge in [-0.1, -0.05) is 60.7 Å². The molecular weight excluding hydrogens is 346 g/mol. The summed E-state index contributed by atoms with van der Waals surface area (Å²) < 4.78 is 7.18. The average molecular weight is 369 g/mol. The molecule has 0 aliphatic carbocycles. The van der Waals surface area contributed by atoms with Crippen molar-refractivity contribution in [3.63, 3.8) is 0 Å². The van der Waals surface area contributed by atoms with Gasteiger partial charge in [-0.05, 0) is 41.3 Å². The molecule has 0 aliphatic heterocycles. The lowest BCUT2D eigenvalue weighted by Crippen LogP contribution is -2.01. The summed E-state index contributed by atoms with van der Waals surface area (Å²) in [6, 6.07) is 26.8. The zero-order valence-electron chi connectivity index (χ0n) is 16.2. The van der Waals surface area contributed by atoms with E-state index < -0.39 is 0 Å². The summed E-state index contributed by atoms with van der Waals surface area (Å²) in [5.41, 5.74) is 6.78. The van der Waals surface area contributed by atoms with Crippen molar-refractivity contribution in [1.29, 1.82) is 0 Å². The van der Waals surface area contributed by atoms with Crippen LogP contribution in [0.5, 0.6) is 0 Å². The lowest BCUT2D eigenvalue weighted by Gasteiger charge is -2.09. The van der Waals surface area contributed by atoms with Gasteiger partial charge in [0, 0.05) is 30.1 Å². The molecule has 3 heteroatoms. The number of rotatable bonds is 5. The first-order valence-electron chi connectivity index (χ1n) is 9.43. The largest absolute Gasteiger partial charge is 0.465 e. The van der Waals surface area contributed by atoms with E-state index in [4.69, 9.17) is 4.74 Å². The van der Waals surface area contributed by atoms with E-state index in [0.29, 0.717) is 5.56 Å². The molecule has 0 N–H and O–H groups in total. The van der Waals surface area contributed by atoms with E-state index in [1.807, 2.05) is 30.3 Å². The number of aromatic nitrogens is 1. The highest BCUT2D eigenvalue weighted by atomic mass is 16.5. The Hall–Kier alpha value is -3.33. The minimum atomic E-state index is -0.305. The highest BCUT2D eigenvalue weighted by molar-refractivity contribution is 5.96. The summed E-state index contributed by atoms with van der Waals surface area (Å²) in [4.78, 5) is 12.1. The average Bonchev–Trinajstić information content (AvgIpc) is 3.00. The number of hydrogen-bond donors (Lipinski definition) is 0. The van der Waals surface area contributed by atoms with E-state index in [1.165, 1.54) is 29.5 Å². The zero-order valence-corrected chi connectivity index (χ0v) is 16.2. The molecule has 0 saturated heterocycles. The normalized spacial score (nSPS) is 10.9. The summed E-state index contributed by atoms with van der Waals surface area (Å²) in [5, 5.41) is 1.11. The maximum absolute atomic E-state index is 12.1. The molecule has 140 valence electrons. The molecule has 4 aromatic rings. The Morgan fingerprint density at radius 1 is 0.857 bits per heavy atom. The lowest BCUT2D eigenvalue weighted by molar-refractivity contribution is 0.0601. The fourth-order valence-electron chi connectivity index (χ4n) is 3.83. The molecule has 1 heterocycles. The predicted molar refractivity (Wildman–Crippen MR) is 113 cm³/mol. The van der Waals surface area contributed by atoms with Crippen LogP contribution in [0, 0.1) is 0 Å². The molecule has 0 aliphatic rings. The van der Waals surface area contributed by atoms with Gasteiger partial charge in [0.05, 0.1) is 12.7 Å². The van der Waals surface area contributed by atoms with Gasteiger partial charge in [-0.15, -0.1) is 0 Å². The van der Waals surface area contributed by atoms with Gasteiger partial charge in [-0.25, -0.2) is 4.79 Å². The molecule has 4 rings (SSSR count). The van der Waals surface area contributed by atoms with Crippen LogP contribution in [0.2, 0.25) is 0 Å². The molecule has 0 amide bonds. The first kappa shape index (κ1) is 18.1. The van der Waals surface area contributed by atoms with Crippen LogP contribution in [0.3, 0.4) is 0 Å². The highest BCUT2D eigenvalue weighted by Crippen LogP contribution is 2.30. The van der Waals surface area contributed by atoms with Crippen LogP contribution >= 0.6 is 0 Å². The summed E-state index contributed by atoms with van der Waals surface area (Å²) in [6.07, 6.45) is 1.67. The van der Waals surface area contributed by atoms with Crippen LogP contribution in [-0.4, -0.2) is 17.6 Å². The van der Waals surface area contributed by atoms with Crippen molar-refractivity contribution in [3.8, 4) is 0 Å². The zero-order chi connectivity index (χ0) is 19.5. The van der Waals surface area contributed by atoms with Crippen molar-refractivity contribution >= 4 is 16.9 Å². The number of fused-ring (bicyclic) bond motifs is 1. The number of esters is 1. The summed E-state index contributed by atoms with van der Waals surface area (Å²) in [5.74, 6) is -0.305. The Labute approximate surface area is 165 Å². The van der Waals surface area contributed by atoms with Crippen LogP contribution in [0.1, 0.15) is 32.7 Å². The van der Waals surface area contributed by atoms with E-state index in [0.717, 1.165) is 23.7 Å². The summed E-state index contributed by atoms with van der Waals surface area (Å²) >= 11 is 0. The Morgan fingerprint density at radius 2 is 1.46 bits per heavy atom. The van der Waals surface area contributed by atoms with Crippen molar-refractivity contribution in [1.82, 2.24) is 4.57 Å². The van der Waals surface area contributed by atoms with Crippen molar-refractivity contribution in [2.24, 2.45) is 7.05 Å². The van der Waals surface area contributed by atoms with Gasteiger partial charge in [0.1, 0.15) is 0 Å². The molecule has 0 radical (unpaired) electrons. The Morgan fingerprint density at radius 3 is 2.07 bits per heavy atom. The number of methoxy groups -OCH3 is 1. The molecule has 1 aromatic heterocycles. The molecule has 0 unspecified atom stereocenters. The van der Waals surface area contributed by atoms with Crippen LogP contribution in [0.4, 0.5) is 0 Å². The minimum Gasteiger partial charge on any atom is -0.465 e. The maximum atomic E-state index is 12.1. The number of aryl methyl sites for hydroxylation is 1. The third-order valence-electron chi connectivity index (χ3n) is 5.30. The van der Waals surface area contributed by atoms with Gasteiger partial charge >= 0.3 is 5.97 Å². The van der Waals surface area contributed by atoms with E-state index in [-0.39, 0.29) is 5.97 Å². The predicted octanol–water partition coefficient (Wildman–Crippen LogP) is 5.15. The first-order valence-corrected chi connectivity index (χ1v) is 9.43. The molecule has 3 aromatic carbocycles. The SMILES string of the molecule is COC(=O)c1ccc2c(c1)c(Cc1ccccc1)c(Cc1ccccc1)n2C. The molecule has 0 saturated carbocycles. The fraction of sp³-hybridized carbons (Fsp3) is 0.160. The lowest BCUT2D eigenvalue weighted by atomic mass is 9.98. The number of carbonyl (C=O) groups is 1. The second kappa shape index (κ2) is 7.73. The number of hydrogen-bond acceptors (Lipinski definition) is 2. The third kappa shape index (κ3) is 3.44. The molecule has 0 spiro atoms. The van der Waals surface area contributed by atoms with Crippen molar-refractivity contribution in [3.05, 3.63) is 107 Å². The quantitative estimate of drug-likeness (QED) is 0.456. The smallest absolute Gasteiger partial charge is 0.337 e. The van der Waals surface area contributed by atoms with E-state index in [9.17, 15) is 4.79 Å². The third-order valence-corrected chi connectivity index (χ3v) is 5.30. The monoisotopic (exact) mass is 369 g/mol. The van der Waals surface area contributed by atoms with Crippen molar-refractivity contribution < 1.29 is 9.53 Å². The Balaban J connectivity index is 1.88. The van der Waals surface area contributed by atoms with Crippen LogP contribution < -0.4 is 0 Å². The highest BCUT2D eigenvalue weighted by Gasteiger charge is 2.18. The molecular formula is C25H23NO2. The van der Waals surface area contributed by atoms with Crippen molar-refractivity contribution in [2.45, 2.75) is 12.8 Å². The number of nitrogens with zero attached hydrogens (tertiary/aromatic N) is 1. The number of carbonyl (C=O) groups excluding carboxylic acids is 1. The standard InChI is InChI=1S/C25H23NO2/c1-26-23-14-13-20(25(27)28-2)17-22(23)21(15-18-9-5-3-6-10-18)24(26)16-19-11-7-4-8-12-19/h3-14,17H,15-16H2,1-2H3. The van der Waals surface area contributed by atoms with E-state index in [2.05, 4.69) is 60.1 Å². The van der Waals surface area contributed by atoms with Crippen LogP contribution in [0.15, 0.2) is 78.9 Å². The molecule has 28 heavy (non-hydrogen) atoms. The molecule has 0 fully saturated rings. The van der Waals surface area contributed by atoms with Gasteiger partial charge in [-0.3, -0.25) is 0 Å². The fourth-order valence-corrected chi connectivity index (χ4v) is 3.83. The summed E-state index contributed by atoms with van der Waals surface area (Å²) in [7, 11) is 3.52. The number of benzene rings is 3. The number of ether oxygens (including phenoxy) is 1. The van der Waals surface area contributed by atoms with Gasteiger partial charge in [0.15, 0.2) is 0 Å². The van der Waals surface area contributed by atoms with Gasteiger partial charge in [0.2, 0.25) is 0 Å². The topological polar surface area (TPSA) is 31.2 Å². The Kier molecular flexibility index (Phi) is 4.98. The van der Waals surface area contributed by atoms with Crippen LogP contribution in [0.25, 0.3) is 10.9 Å². The second-order valence-electron chi connectivity index (χ2n) is 7.03. The van der Waals surface area contributed by atoms with Gasteiger partial charge in [0.25, 0.3) is 0 Å². The first-order chi connectivity index (χ1) is 13.7. The van der Waals surface area contributed by atoms with Gasteiger partial charge < -0.3 is 9.30 Å². The van der Waals surface area contributed by atoms with Crippen LogP contribution in [-0.2, 0) is 24.6 Å². The maximum Gasteiger partial charge on any atom is 0.337 e. The minimum absolute atomic E-state index is 0.305. The molecule has 0 atom stereocenters. The van der Waals surface area contributed by atoms with Gasteiger partial charge in [-0.2, -0.15) is 0 Å². The van der Waals surface area contributed by atoms with Crippen molar-refractivity contribution in [2.75, 3.05) is 7.11 Å². The molecule has 0 bridgehead atoms. The summed E-state index contributed by atoms with van der Waals surface area (Å²) in [6.45, 7) is 0. The van der Waals surface area contributed by atoms with E-state index in [1.54, 1.807) is 0 Å². The second-order valence-corrected chi connectivity index (χ2v) is 7.03.